The van der Waals surface area contributed by atoms with Gasteiger partial charge in [0.05, 0.1) is 0 Å². The van der Waals surface area contributed by atoms with E-state index in [2.05, 4.69) is 31.0 Å². The van der Waals surface area contributed by atoms with E-state index in [0.29, 0.717) is 0 Å². The van der Waals surface area contributed by atoms with Crippen LogP contribution in [0.5, 0.6) is 0 Å². The van der Waals surface area contributed by atoms with Crippen molar-refractivity contribution in [3.8, 4) is 0 Å². The second-order valence-corrected chi connectivity index (χ2v) is 4.49. The minimum atomic E-state index is 0.829. The summed E-state index contributed by atoms with van der Waals surface area (Å²) < 4.78 is 0. The molecule has 0 aromatic rings. The molecule has 0 saturated carbocycles. The Morgan fingerprint density at radius 2 is 1.86 bits per heavy atom. The van der Waals surface area contributed by atoms with Crippen LogP contribution < -0.4 is 5.32 Å². The molecule has 0 radical (unpaired) electrons. The van der Waals surface area contributed by atoms with Crippen LogP contribution in [0, 0.1) is 5.92 Å². The molecule has 84 valence electrons. The van der Waals surface area contributed by atoms with Gasteiger partial charge in [0, 0.05) is 25.7 Å². The van der Waals surface area contributed by atoms with Gasteiger partial charge in [0.1, 0.15) is 0 Å². The molecular formula is C12H26N2. The van der Waals surface area contributed by atoms with Crippen molar-refractivity contribution >= 4 is 0 Å². The van der Waals surface area contributed by atoms with Gasteiger partial charge in [-0.3, -0.25) is 4.90 Å². The smallest absolute Gasteiger partial charge is 0.0345 e. The Labute approximate surface area is 89.1 Å². The highest BCUT2D eigenvalue weighted by molar-refractivity contribution is 4.85. The molecule has 1 heterocycles. The van der Waals surface area contributed by atoms with Gasteiger partial charge < -0.3 is 5.32 Å². The zero-order chi connectivity index (χ0) is 10.4. The Kier molecular flexibility index (Phi) is 5.49. The standard InChI is InChI=1S/C12H26N2/c1-4-7-14(12-8-13-9-12)10-11(5-2)6-3/h11-13H,4-10H2,1-3H3. The first-order chi connectivity index (χ1) is 6.81. The van der Waals surface area contributed by atoms with Crippen molar-refractivity contribution in [1.29, 1.82) is 0 Å². The van der Waals surface area contributed by atoms with E-state index in [1.165, 1.54) is 45.4 Å². The Bertz CT molecular complexity index is 137. The first kappa shape index (κ1) is 12.0. The van der Waals surface area contributed by atoms with Crippen LogP contribution in [0.15, 0.2) is 0 Å². The van der Waals surface area contributed by atoms with Gasteiger partial charge in [-0.15, -0.1) is 0 Å². The van der Waals surface area contributed by atoms with Crippen molar-refractivity contribution < 1.29 is 0 Å². The predicted molar refractivity (Wildman–Crippen MR) is 62.6 cm³/mol. The minimum absolute atomic E-state index is 0.829. The summed E-state index contributed by atoms with van der Waals surface area (Å²) in [6.07, 6.45) is 3.95. The summed E-state index contributed by atoms with van der Waals surface area (Å²) in [7, 11) is 0. The van der Waals surface area contributed by atoms with Crippen LogP contribution in [0.3, 0.4) is 0 Å². The molecule has 14 heavy (non-hydrogen) atoms. The van der Waals surface area contributed by atoms with Crippen molar-refractivity contribution in [1.82, 2.24) is 10.2 Å². The third-order valence-corrected chi connectivity index (χ3v) is 3.43. The highest BCUT2D eigenvalue weighted by atomic mass is 15.2. The maximum absolute atomic E-state index is 3.37. The summed E-state index contributed by atoms with van der Waals surface area (Å²) in [5.74, 6) is 0.905. The van der Waals surface area contributed by atoms with Crippen LogP contribution in [0.1, 0.15) is 40.0 Å². The number of hydrogen-bond donors (Lipinski definition) is 1. The Morgan fingerprint density at radius 3 is 2.21 bits per heavy atom. The fraction of sp³-hybridized carbons (Fsp3) is 1.00. The zero-order valence-corrected chi connectivity index (χ0v) is 10.1. The molecular weight excluding hydrogens is 172 g/mol. The maximum atomic E-state index is 3.37. The number of hydrogen-bond acceptors (Lipinski definition) is 2. The summed E-state index contributed by atoms with van der Waals surface area (Å²) in [5, 5.41) is 3.37. The molecule has 1 saturated heterocycles. The quantitative estimate of drug-likeness (QED) is 0.674. The maximum Gasteiger partial charge on any atom is 0.0345 e. The summed E-state index contributed by atoms with van der Waals surface area (Å²) in [6, 6.07) is 0.829. The lowest BCUT2D eigenvalue weighted by molar-refractivity contribution is 0.121. The van der Waals surface area contributed by atoms with E-state index in [0.717, 1.165) is 12.0 Å². The molecule has 0 aromatic carbocycles. The van der Waals surface area contributed by atoms with Gasteiger partial charge >= 0.3 is 0 Å². The second kappa shape index (κ2) is 6.41. The molecule has 1 aliphatic rings. The van der Waals surface area contributed by atoms with Crippen molar-refractivity contribution in [2.24, 2.45) is 5.92 Å². The zero-order valence-electron chi connectivity index (χ0n) is 10.1. The number of nitrogens with one attached hydrogen (secondary N) is 1. The second-order valence-electron chi connectivity index (χ2n) is 4.49. The molecule has 1 N–H and O–H groups in total. The molecule has 0 aliphatic carbocycles. The van der Waals surface area contributed by atoms with Gasteiger partial charge in [0.15, 0.2) is 0 Å². The van der Waals surface area contributed by atoms with Crippen LogP contribution >= 0.6 is 0 Å². The van der Waals surface area contributed by atoms with Crippen LogP contribution in [-0.2, 0) is 0 Å². The summed E-state index contributed by atoms with van der Waals surface area (Å²) >= 11 is 0. The molecule has 2 nitrogen and oxygen atoms in total. The molecule has 0 unspecified atom stereocenters. The predicted octanol–water partition coefficient (Wildman–Crippen LogP) is 2.11. The fourth-order valence-electron chi connectivity index (χ4n) is 2.12. The van der Waals surface area contributed by atoms with Crippen LogP contribution in [-0.4, -0.2) is 37.1 Å². The summed E-state index contributed by atoms with van der Waals surface area (Å²) in [5.41, 5.74) is 0. The molecule has 0 bridgehead atoms. The van der Waals surface area contributed by atoms with Crippen LogP contribution in [0.2, 0.25) is 0 Å². The highest BCUT2D eigenvalue weighted by Gasteiger charge is 2.24. The third kappa shape index (κ3) is 3.25. The number of rotatable bonds is 7. The van der Waals surface area contributed by atoms with Gasteiger partial charge in [-0.2, -0.15) is 0 Å². The van der Waals surface area contributed by atoms with E-state index in [4.69, 9.17) is 0 Å². The van der Waals surface area contributed by atoms with Crippen molar-refractivity contribution in [3.05, 3.63) is 0 Å². The molecule has 0 amide bonds. The highest BCUT2D eigenvalue weighted by Crippen LogP contribution is 2.14. The summed E-state index contributed by atoms with van der Waals surface area (Å²) in [4.78, 5) is 2.69. The topological polar surface area (TPSA) is 15.3 Å². The fourth-order valence-corrected chi connectivity index (χ4v) is 2.12. The van der Waals surface area contributed by atoms with E-state index >= 15 is 0 Å². The van der Waals surface area contributed by atoms with E-state index in [1.807, 2.05) is 0 Å². The Hall–Kier alpha value is -0.0800. The van der Waals surface area contributed by atoms with Gasteiger partial charge in [0.2, 0.25) is 0 Å². The van der Waals surface area contributed by atoms with Crippen molar-refractivity contribution in [3.63, 3.8) is 0 Å². The largest absolute Gasteiger partial charge is 0.314 e. The minimum Gasteiger partial charge on any atom is -0.314 e. The molecule has 1 aliphatic heterocycles. The van der Waals surface area contributed by atoms with Crippen molar-refractivity contribution in [2.45, 2.75) is 46.1 Å². The van der Waals surface area contributed by atoms with E-state index in [9.17, 15) is 0 Å². The molecule has 2 heteroatoms. The SMILES string of the molecule is CCCN(CC(CC)CC)C1CNC1. The van der Waals surface area contributed by atoms with Crippen molar-refractivity contribution in [2.75, 3.05) is 26.2 Å². The molecule has 1 fully saturated rings. The third-order valence-electron chi connectivity index (χ3n) is 3.43. The van der Waals surface area contributed by atoms with Gasteiger partial charge in [-0.25, -0.2) is 0 Å². The lowest BCUT2D eigenvalue weighted by Gasteiger charge is -2.39. The molecule has 1 rings (SSSR count). The molecule has 0 atom stereocenters. The molecule has 0 aromatic heterocycles. The van der Waals surface area contributed by atoms with Crippen LogP contribution in [0.25, 0.3) is 0 Å². The van der Waals surface area contributed by atoms with E-state index < -0.39 is 0 Å². The average molecular weight is 198 g/mol. The lowest BCUT2D eigenvalue weighted by atomic mass is 10.0. The summed E-state index contributed by atoms with van der Waals surface area (Å²) in [6.45, 7) is 11.9. The Balaban J connectivity index is 2.32. The monoisotopic (exact) mass is 198 g/mol. The van der Waals surface area contributed by atoms with Gasteiger partial charge in [-0.1, -0.05) is 33.6 Å². The Morgan fingerprint density at radius 1 is 1.21 bits per heavy atom. The normalized spacial score (nSPS) is 17.8. The van der Waals surface area contributed by atoms with E-state index in [-0.39, 0.29) is 0 Å². The average Bonchev–Trinajstić information content (AvgIpc) is 2.11. The van der Waals surface area contributed by atoms with Gasteiger partial charge in [0.25, 0.3) is 0 Å². The first-order valence-corrected chi connectivity index (χ1v) is 6.26. The molecule has 0 spiro atoms. The van der Waals surface area contributed by atoms with Crippen LogP contribution in [0.4, 0.5) is 0 Å². The van der Waals surface area contributed by atoms with E-state index in [1.54, 1.807) is 0 Å². The lowest BCUT2D eigenvalue weighted by Crippen LogP contribution is -2.58. The first-order valence-electron chi connectivity index (χ1n) is 6.26. The van der Waals surface area contributed by atoms with Gasteiger partial charge in [-0.05, 0) is 18.9 Å². The number of nitrogens with zero attached hydrogens (tertiary/aromatic N) is 1.